The Labute approximate surface area is 128 Å². The summed E-state index contributed by atoms with van der Waals surface area (Å²) in [5.41, 5.74) is 2.51. The number of nitrogens with zero attached hydrogens (tertiary/aromatic N) is 1. The van der Waals surface area contributed by atoms with E-state index < -0.39 is 0 Å². The number of carbonyl (C=O) groups is 1. The van der Waals surface area contributed by atoms with Crippen molar-refractivity contribution in [3.05, 3.63) is 35.4 Å². The van der Waals surface area contributed by atoms with Crippen LogP contribution in [0.2, 0.25) is 0 Å². The molecule has 1 unspecified atom stereocenters. The van der Waals surface area contributed by atoms with Crippen LogP contribution in [0, 0.1) is 0 Å². The van der Waals surface area contributed by atoms with Crippen LogP contribution in [-0.2, 0) is 11.2 Å². The number of hydrogen-bond donors (Lipinski definition) is 0. The zero-order valence-corrected chi connectivity index (χ0v) is 13.3. The van der Waals surface area contributed by atoms with Crippen molar-refractivity contribution in [2.75, 3.05) is 13.1 Å². The first-order valence-electron chi connectivity index (χ1n) is 8.29. The minimum atomic E-state index is -0.140. The summed E-state index contributed by atoms with van der Waals surface area (Å²) in [5.74, 6) is 0. The van der Waals surface area contributed by atoms with Gasteiger partial charge in [0.05, 0.1) is 0 Å². The average molecular weight is 289 g/mol. The number of fused-ring (bicyclic) bond motifs is 1. The van der Waals surface area contributed by atoms with Gasteiger partial charge in [-0.15, -0.1) is 0 Å². The van der Waals surface area contributed by atoms with Gasteiger partial charge in [-0.25, -0.2) is 4.79 Å². The molecule has 0 aliphatic heterocycles. The van der Waals surface area contributed by atoms with Gasteiger partial charge in [0.2, 0.25) is 0 Å². The third-order valence-corrected chi connectivity index (χ3v) is 4.14. The molecule has 1 atom stereocenters. The molecule has 0 saturated heterocycles. The van der Waals surface area contributed by atoms with Crippen molar-refractivity contribution in [1.29, 1.82) is 0 Å². The predicted molar refractivity (Wildman–Crippen MR) is 85.4 cm³/mol. The lowest BCUT2D eigenvalue weighted by Crippen LogP contribution is -2.34. The fraction of sp³-hybridized carbons (Fsp3) is 0.611. The van der Waals surface area contributed by atoms with Crippen LogP contribution in [0.1, 0.15) is 63.2 Å². The van der Waals surface area contributed by atoms with E-state index in [9.17, 15) is 4.79 Å². The summed E-state index contributed by atoms with van der Waals surface area (Å²) in [4.78, 5) is 14.3. The molecule has 3 nitrogen and oxygen atoms in total. The molecule has 0 bridgehead atoms. The van der Waals surface area contributed by atoms with Crippen molar-refractivity contribution in [3.8, 4) is 0 Å². The van der Waals surface area contributed by atoms with E-state index in [1.54, 1.807) is 0 Å². The molecule has 3 heteroatoms. The van der Waals surface area contributed by atoms with Gasteiger partial charge in [0.25, 0.3) is 0 Å². The van der Waals surface area contributed by atoms with Gasteiger partial charge in [-0.2, -0.15) is 0 Å². The Balaban J connectivity index is 1.95. The van der Waals surface area contributed by atoms with E-state index in [1.165, 1.54) is 11.1 Å². The van der Waals surface area contributed by atoms with E-state index in [4.69, 9.17) is 4.74 Å². The van der Waals surface area contributed by atoms with Crippen LogP contribution in [0.15, 0.2) is 24.3 Å². The summed E-state index contributed by atoms with van der Waals surface area (Å²) < 4.78 is 5.78. The van der Waals surface area contributed by atoms with Gasteiger partial charge in [-0.1, -0.05) is 51.0 Å². The van der Waals surface area contributed by atoms with Crippen molar-refractivity contribution in [2.45, 2.75) is 58.5 Å². The molecule has 1 amide bonds. The summed E-state index contributed by atoms with van der Waals surface area (Å²) in [6.45, 7) is 5.92. The normalized spacial score (nSPS) is 16.6. The third kappa shape index (κ3) is 4.23. The van der Waals surface area contributed by atoms with Crippen LogP contribution in [-0.4, -0.2) is 24.1 Å². The second kappa shape index (κ2) is 8.06. The Morgan fingerprint density at radius 1 is 1.19 bits per heavy atom. The summed E-state index contributed by atoms with van der Waals surface area (Å²) in [6.07, 6.45) is 6.02. The van der Waals surface area contributed by atoms with Gasteiger partial charge < -0.3 is 9.64 Å². The van der Waals surface area contributed by atoms with E-state index in [0.717, 1.165) is 51.6 Å². The molecule has 1 aliphatic carbocycles. The Morgan fingerprint density at radius 3 is 2.52 bits per heavy atom. The van der Waals surface area contributed by atoms with E-state index >= 15 is 0 Å². The molecular formula is C18H27NO2. The SMILES string of the molecule is CCCCN(CCCC)C(=O)OC1CCc2ccccc21. The number of benzene rings is 1. The maximum absolute atomic E-state index is 12.4. The molecule has 2 rings (SSSR count). The molecule has 0 heterocycles. The fourth-order valence-corrected chi connectivity index (χ4v) is 2.83. The monoisotopic (exact) mass is 289 g/mol. The minimum Gasteiger partial charge on any atom is -0.441 e. The van der Waals surface area contributed by atoms with Crippen molar-refractivity contribution in [3.63, 3.8) is 0 Å². The van der Waals surface area contributed by atoms with Crippen LogP contribution in [0.5, 0.6) is 0 Å². The maximum Gasteiger partial charge on any atom is 0.410 e. The number of ether oxygens (including phenoxy) is 1. The van der Waals surface area contributed by atoms with Crippen LogP contribution in [0.25, 0.3) is 0 Å². The Bertz CT molecular complexity index is 450. The fourth-order valence-electron chi connectivity index (χ4n) is 2.83. The zero-order valence-electron chi connectivity index (χ0n) is 13.3. The third-order valence-electron chi connectivity index (χ3n) is 4.14. The molecule has 21 heavy (non-hydrogen) atoms. The highest BCUT2D eigenvalue weighted by atomic mass is 16.6. The predicted octanol–water partition coefficient (Wildman–Crippen LogP) is 4.71. The quantitative estimate of drug-likeness (QED) is 0.727. The molecular weight excluding hydrogens is 262 g/mol. The number of amides is 1. The summed E-state index contributed by atoms with van der Waals surface area (Å²) >= 11 is 0. The van der Waals surface area contributed by atoms with Gasteiger partial charge in [0.15, 0.2) is 0 Å². The Kier molecular flexibility index (Phi) is 6.09. The van der Waals surface area contributed by atoms with Crippen molar-refractivity contribution in [1.82, 2.24) is 4.90 Å². The van der Waals surface area contributed by atoms with Gasteiger partial charge in [0, 0.05) is 13.1 Å². The molecule has 116 valence electrons. The van der Waals surface area contributed by atoms with E-state index in [0.29, 0.717) is 0 Å². The number of hydrogen-bond acceptors (Lipinski definition) is 2. The summed E-state index contributed by atoms with van der Waals surface area (Å²) in [7, 11) is 0. The zero-order chi connectivity index (χ0) is 15.1. The Hall–Kier alpha value is -1.51. The number of aryl methyl sites for hydroxylation is 1. The molecule has 0 spiro atoms. The second-order valence-corrected chi connectivity index (χ2v) is 5.80. The highest BCUT2D eigenvalue weighted by Crippen LogP contribution is 2.34. The van der Waals surface area contributed by atoms with E-state index in [-0.39, 0.29) is 12.2 Å². The smallest absolute Gasteiger partial charge is 0.410 e. The molecule has 0 N–H and O–H groups in total. The summed E-state index contributed by atoms with van der Waals surface area (Å²) in [5, 5.41) is 0. The molecule has 1 aliphatic rings. The van der Waals surface area contributed by atoms with Crippen molar-refractivity contribution >= 4 is 6.09 Å². The topological polar surface area (TPSA) is 29.5 Å². The first-order chi connectivity index (χ1) is 10.3. The van der Waals surface area contributed by atoms with Crippen LogP contribution < -0.4 is 0 Å². The minimum absolute atomic E-state index is 0.0561. The lowest BCUT2D eigenvalue weighted by Gasteiger charge is -2.24. The van der Waals surface area contributed by atoms with Crippen LogP contribution in [0.4, 0.5) is 4.79 Å². The van der Waals surface area contributed by atoms with Gasteiger partial charge in [0.1, 0.15) is 6.10 Å². The average Bonchev–Trinajstić information content (AvgIpc) is 2.91. The maximum atomic E-state index is 12.4. The molecule has 0 radical (unpaired) electrons. The highest BCUT2D eigenvalue weighted by Gasteiger charge is 2.27. The first kappa shape index (κ1) is 15.9. The highest BCUT2D eigenvalue weighted by molar-refractivity contribution is 5.68. The lowest BCUT2D eigenvalue weighted by molar-refractivity contribution is 0.0620. The van der Waals surface area contributed by atoms with Gasteiger partial charge in [-0.05, 0) is 36.8 Å². The molecule has 0 aromatic heterocycles. The van der Waals surface area contributed by atoms with Crippen LogP contribution in [0.3, 0.4) is 0 Å². The van der Waals surface area contributed by atoms with Gasteiger partial charge >= 0.3 is 6.09 Å². The summed E-state index contributed by atoms with van der Waals surface area (Å²) in [6, 6.07) is 8.30. The first-order valence-corrected chi connectivity index (χ1v) is 8.29. The number of carbonyl (C=O) groups excluding carboxylic acids is 1. The molecule has 0 saturated carbocycles. The number of unbranched alkanes of at least 4 members (excludes halogenated alkanes) is 2. The largest absolute Gasteiger partial charge is 0.441 e. The Morgan fingerprint density at radius 2 is 1.86 bits per heavy atom. The molecule has 1 aromatic carbocycles. The number of rotatable bonds is 7. The molecule has 0 fully saturated rings. The van der Waals surface area contributed by atoms with Crippen molar-refractivity contribution < 1.29 is 9.53 Å². The van der Waals surface area contributed by atoms with E-state index in [1.807, 2.05) is 11.0 Å². The van der Waals surface area contributed by atoms with Crippen molar-refractivity contribution in [2.24, 2.45) is 0 Å². The molecule has 1 aromatic rings. The second-order valence-electron chi connectivity index (χ2n) is 5.80. The standard InChI is InChI=1S/C18H27NO2/c1-3-5-13-19(14-6-4-2)18(20)21-17-12-11-15-9-7-8-10-16(15)17/h7-10,17H,3-6,11-14H2,1-2H3. The van der Waals surface area contributed by atoms with Crippen LogP contribution >= 0.6 is 0 Å². The van der Waals surface area contributed by atoms with E-state index in [2.05, 4.69) is 32.0 Å². The lowest BCUT2D eigenvalue weighted by atomic mass is 10.1. The van der Waals surface area contributed by atoms with Gasteiger partial charge in [-0.3, -0.25) is 0 Å².